The first-order chi connectivity index (χ1) is 9.43. The maximum Gasteiger partial charge on any atom is 0.255 e. The van der Waals surface area contributed by atoms with Crippen molar-refractivity contribution >= 4 is 11.8 Å². The van der Waals surface area contributed by atoms with Gasteiger partial charge in [0.2, 0.25) is 5.91 Å². The molecule has 1 aromatic carbocycles. The predicted molar refractivity (Wildman–Crippen MR) is 76.9 cm³/mol. The zero-order valence-corrected chi connectivity index (χ0v) is 12.2. The number of aliphatic hydroxyl groups is 1. The molecule has 0 radical (unpaired) electrons. The van der Waals surface area contributed by atoms with Crippen molar-refractivity contribution in [3.8, 4) is 0 Å². The first-order valence-electron chi connectivity index (χ1n) is 6.69. The number of amides is 2. The fraction of sp³-hybridized carbons (Fsp3) is 0.467. The van der Waals surface area contributed by atoms with Gasteiger partial charge in [0.05, 0.1) is 0 Å². The number of carbonyl (C=O) groups is 2. The van der Waals surface area contributed by atoms with Gasteiger partial charge in [0.15, 0.2) is 6.10 Å². The number of likely N-dealkylation sites (N-methyl/N-ethyl adjacent to an activating group) is 1. The zero-order chi connectivity index (χ0) is 15.1. The third-order valence-electron chi connectivity index (χ3n) is 3.00. The highest BCUT2D eigenvalue weighted by Crippen LogP contribution is 2.14. The van der Waals surface area contributed by atoms with Crippen LogP contribution in [0.4, 0.5) is 0 Å². The Hall–Kier alpha value is -1.88. The first kappa shape index (κ1) is 16.2. The largest absolute Gasteiger partial charge is 0.378 e. The lowest BCUT2D eigenvalue weighted by atomic mass is 10.1. The standard InChI is InChI=1S/C15H22N2O3/c1-11(2)14(19)16-9-10-17(3)15(20)13(18)12-7-5-4-6-8-12/h4-8,11,13,18H,9-10H2,1-3H3,(H,16,19). The molecule has 0 aliphatic carbocycles. The third-order valence-corrected chi connectivity index (χ3v) is 3.00. The van der Waals surface area contributed by atoms with Gasteiger partial charge >= 0.3 is 0 Å². The normalized spacial score (nSPS) is 12.1. The molecule has 2 N–H and O–H groups in total. The maximum atomic E-state index is 12.0. The van der Waals surface area contributed by atoms with Gasteiger partial charge in [0.1, 0.15) is 0 Å². The lowest BCUT2D eigenvalue weighted by molar-refractivity contribution is -0.139. The molecule has 1 rings (SSSR count). The minimum Gasteiger partial charge on any atom is -0.378 e. The summed E-state index contributed by atoms with van der Waals surface area (Å²) in [7, 11) is 1.61. The molecule has 0 spiro atoms. The van der Waals surface area contributed by atoms with Crippen LogP contribution in [0, 0.1) is 5.92 Å². The lowest BCUT2D eigenvalue weighted by Gasteiger charge is -2.21. The van der Waals surface area contributed by atoms with Crippen molar-refractivity contribution in [2.75, 3.05) is 20.1 Å². The molecule has 1 atom stereocenters. The minimum absolute atomic E-state index is 0.0468. The van der Waals surface area contributed by atoms with E-state index in [1.54, 1.807) is 31.3 Å². The fourth-order valence-electron chi connectivity index (χ4n) is 1.65. The van der Waals surface area contributed by atoms with Crippen molar-refractivity contribution in [3.05, 3.63) is 35.9 Å². The average molecular weight is 278 g/mol. The van der Waals surface area contributed by atoms with Crippen LogP contribution in [-0.2, 0) is 9.59 Å². The molecule has 0 saturated heterocycles. The van der Waals surface area contributed by atoms with E-state index in [0.717, 1.165) is 0 Å². The van der Waals surface area contributed by atoms with Crippen LogP contribution < -0.4 is 5.32 Å². The summed E-state index contributed by atoms with van der Waals surface area (Å²) in [6.45, 7) is 4.36. The Morgan fingerprint density at radius 2 is 1.85 bits per heavy atom. The van der Waals surface area contributed by atoms with Gasteiger partial charge in [-0.3, -0.25) is 9.59 Å². The SMILES string of the molecule is CC(C)C(=O)NCCN(C)C(=O)C(O)c1ccccc1. The van der Waals surface area contributed by atoms with Gasteiger partial charge in [-0.05, 0) is 5.56 Å². The van der Waals surface area contributed by atoms with Gasteiger partial charge in [-0.25, -0.2) is 0 Å². The predicted octanol–water partition coefficient (Wildman–Crippen LogP) is 0.951. The first-order valence-corrected chi connectivity index (χ1v) is 6.69. The molecule has 2 amide bonds. The van der Waals surface area contributed by atoms with E-state index in [9.17, 15) is 14.7 Å². The fourth-order valence-corrected chi connectivity index (χ4v) is 1.65. The van der Waals surface area contributed by atoms with Crippen molar-refractivity contribution in [1.29, 1.82) is 0 Å². The minimum atomic E-state index is -1.16. The van der Waals surface area contributed by atoms with Gasteiger partial charge in [-0.1, -0.05) is 44.2 Å². The van der Waals surface area contributed by atoms with E-state index in [-0.39, 0.29) is 17.7 Å². The Labute approximate surface area is 119 Å². The summed E-state index contributed by atoms with van der Waals surface area (Å²) in [6.07, 6.45) is -1.16. The van der Waals surface area contributed by atoms with Gasteiger partial charge < -0.3 is 15.3 Å². The molecule has 5 heteroatoms. The Kier molecular flexibility index (Phi) is 6.18. The van der Waals surface area contributed by atoms with Crippen LogP contribution in [-0.4, -0.2) is 42.0 Å². The number of benzene rings is 1. The summed E-state index contributed by atoms with van der Waals surface area (Å²) >= 11 is 0. The summed E-state index contributed by atoms with van der Waals surface area (Å²) in [6, 6.07) is 8.78. The third kappa shape index (κ3) is 4.66. The number of aliphatic hydroxyl groups excluding tert-OH is 1. The summed E-state index contributed by atoms with van der Waals surface area (Å²) in [5, 5.41) is 12.7. The molecule has 0 fully saturated rings. The van der Waals surface area contributed by atoms with E-state index < -0.39 is 6.10 Å². The van der Waals surface area contributed by atoms with E-state index in [2.05, 4.69) is 5.32 Å². The molecular formula is C15H22N2O3. The van der Waals surface area contributed by atoms with Crippen molar-refractivity contribution in [1.82, 2.24) is 10.2 Å². The number of hydrogen-bond donors (Lipinski definition) is 2. The number of nitrogens with one attached hydrogen (secondary N) is 1. The van der Waals surface area contributed by atoms with Crippen LogP contribution >= 0.6 is 0 Å². The Balaban J connectivity index is 2.45. The lowest BCUT2D eigenvalue weighted by Crippen LogP contribution is -2.39. The van der Waals surface area contributed by atoms with Crippen LogP contribution in [0.1, 0.15) is 25.5 Å². The van der Waals surface area contributed by atoms with Gasteiger partial charge in [-0.2, -0.15) is 0 Å². The second-order valence-corrected chi connectivity index (χ2v) is 5.02. The number of rotatable bonds is 6. The highest BCUT2D eigenvalue weighted by atomic mass is 16.3. The van der Waals surface area contributed by atoms with Crippen LogP contribution in [0.3, 0.4) is 0 Å². The van der Waals surface area contributed by atoms with E-state index in [4.69, 9.17) is 0 Å². The Bertz CT molecular complexity index is 446. The number of nitrogens with zero attached hydrogens (tertiary/aromatic N) is 1. The molecule has 0 aliphatic rings. The van der Waals surface area contributed by atoms with Gasteiger partial charge in [0, 0.05) is 26.1 Å². The monoisotopic (exact) mass is 278 g/mol. The number of hydrogen-bond acceptors (Lipinski definition) is 3. The second-order valence-electron chi connectivity index (χ2n) is 5.02. The summed E-state index contributed by atoms with van der Waals surface area (Å²) < 4.78 is 0. The van der Waals surface area contributed by atoms with E-state index in [1.165, 1.54) is 4.90 Å². The molecule has 1 unspecified atom stereocenters. The molecule has 0 heterocycles. The second kappa shape index (κ2) is 7.65. The topological polar surface area (TPSA) is 69.6 Å². The van der Waals surface area contributed by atoms with E-state index >= 15 is 0 Å². The van der Waals surface area contributed by atoms with Crippen molar-refractivity contribution < 1.29 is 14.7 Å². The Morgan fingerprint density at radius 3 is 2.40 bits per heavy atom. The van der Waals surface area contributed by atoms with Crippen molar-refractivity contribution in [2.45, 2.75) is 20.0 Å². The van der Waals surface area contributed by atoms with Crippen LogP contribution in [0.15, 0.2) is 30.3 Å². The summed E-state index contributed by atoms with van der Waals surface area (Å²) in [5.41, 5.74) is 0.565. The molecule has 5 nitrogen and oxygen atoms in total. The Morgan fingerprint density at radius 1 is 1.25 bits per heavy atom. The van der Waals surface area contributed by atoms with Gasteiger partial charge in [0.25, 0.3) is 5.91 Å². The molecule has 110 valence electrons. The molecular weight excluding hydrogens is 256 g/mol. The number of carbonyl (C=O) groups excluding carboxylic acids is 2. The van der Waals surface area contributed by atoms with Crippen LogP contribution in [0.2, 0.25) is 0 Å². The van der Waals surface area contributed by atoms with E-state index in [0.29, 0.717) is 18.7 Å². The molecule has 0 bridgehead atoms. The average Bonchev–Trinajstić information content (AvgIpc) is 2.46. The summed E-state index contributed by atoms with van der Waals surface area (Å²) in [5.74, 6) is -0.504. The highest BCUT2D eigenvalue weighted by Gasteiger charge is 2.20. The molecule has 20 heavy (non-hydrogen) atoms. The van der Waals surface area contributed by atoms with E-state index in [1.807, 2.05) is 19.9 Å². The molecule has 1 aromatic rings. The highest BCUT2D eigenvalue weighted by molar-refractivity contribution is 5.82. The van der Waals surface area contributed by atoms with Gasteiger partial charge in [-0.15, -0.1) is 0 Å². The summed E-state index contributed by atoms with van der Waals surface area (Å²) in [4.78, 5) is 24.8. The van der Waals surface area contributed by atoms with Crippen molar-refractivity contribution in [3.63, 3.8) is 0 Å². The smallest absolute Gasteiger partial charge is 0.255 e. The maximum absolute atomic E-state index is 12.0. The molecule has 0 aliphatic heterocycles. The molecule has 0 saturated carbocycles. The van der Waals surface area contributed by atoms with Crippen LogP contribution in [0.5, 0.6) is 0 Å². The zero-order valence-electron chi connectivity index (χ0n) is 12.2. The molecule has 0 aromatic heterocycles. The van der Waals surface area contributed by atoms with Crippen LogP contribution in [0.25, 0.3) is 0 Å². The quantitative estimate of drug-likeness (QED) is 0.814. The van der Waals surface area contributed by atoms with Crippen molar-refractivity contribution in [2.24, 2.45) is 5.92 Å².